The number of nitrogens with zero attached hydrogens (tertiary/aromatic N) is 4. The van der Waals surface area contributed by atoms with Gasteiger partial charge in [0.15, 0.2) is 6.10 Å². The largest absolute Gasteiger partial charge is 0.497 e. The van der Waals surface area contributed by atoms with Crippen LogP contribution in [0.25, 0.3) is 11.4 Å². The van der Waals surface area contributed by atoms with Crippen LogP contribution in [0.2, 0.25) is 0 Å². The van der Waals surface area contributed by atoms with E-state index >= 15 is 0 Å². The minimum Gasteiger partial charge on any atom is -0.497 e. The summed E-state index contributed by atoms with van der Waals surface area (Å²) >= 11 is 0. The van der Waals surface area contributed by atoms with Gasteiger partial charge in [-0.2, -0.15) is 9.29 Å². The molecular weight excluding hydrogens is 408 g/mol. The molecule has 1 aromatic carbocycles. The monoisotopic (exact) mass is 430 g/mol. The van der Waals surface area contributed by atoms with Gasteiger partial charge >= 0.3 is 0 Å². The Labute approximate surface area is 174 Å². The number of rotatable bonds is 7. The zero-order valence-electron chi connectivity index (χ0n) is 16.5. The number of sulfonamides is 1. The van der Waals surface area contributed by atoms with Gasteiger partial charge in [0.05, 0.1) is 19.5 Å². The van der Waals surface area contributed by atoms with Gasteiger partial charge in [0.25, 0.3) is 5.89 Å². The predicted molar refractivity (Wildman–Crippen MR) is 108 cm³/mol. The summed E-state index contributed by atoms with van der Waals surface area (Å²) in [6, 6.07) is 10.9. The van der Waals surface area contributed by atoms with Crippen LogP contribution in [-0.4, -0.2) is 60.4 Å². The van der Waals surface area contributed by atoms with Gasteiger partial charge in [-0.05, 0) is 36.2 Å². The van der Waals surface area contributed by atoms with Gasteiger partial charge in [-0.3, -0.25) is 4.98 Å². The smallest absolute Gasteiger partial charge is 0.257 e. The second kappa shape index (κ2) is 8.90. The molecule has 0 spiro atoms. The first-order valence-corrected chi connectivity index (χ1v) is 11.1. The summed E-state index contributed by atoms with van der Waals surface area (Å²) in [5.41, 5.74) is 1.67. The van der Waals surface area contributed by atoms with Crippen molar-refractivity contribution in [3.63, 3.8) is 0 Å². The highest BCUT2D eigenvalue weighted by Crippen LogP contribution is 2.26. The van der Waals surface area contributed by atoms with Gasteiger partial charge in [-0.25, -0.2) is 8.42 Å². The van der Waals surface area contributed by atoms with Crippen LogP contribution in [0.1, 0.15) is 17.6 Å². The quantitative estimate of drug-likeness (QED) is 0.561. The molecule has 3 heterocycles. The van der Waals surface area contributed by atoms with Gasteiger partial charge in [0.2, 0.25) is 15.8 Å². The van der Waals surface area contributed by atoms with Crippen molar-refractivity contribution in [2.24, 2.45) is 0 Å². The Kier molecular flexibility index (Phi) is 6.07. The molecule has 0 bridgehead atoms. The fourth-order valence-corrected chi connectivity index (χ4v) is 4.67. The van der Waals surface area contributed by atoms with Gasteiger partial charge in [-0.1, -0.05) is 17.3 Å². The van der Waals surface area contributed by atoms with Crippen molar-refractivity contribution in [2.75, 3.05) is 32.6 Å². The van der Waals surface area contributed by atoms with Gasteiger partial charge in [0, 0.05) is 31.0 Å². The minimum absolute atomic E-state index is 0.0165. The molecule has 1 saturated heterocycles. The molecule has 1 aliphatic rings. The highest BCUT2D eigenvalue weighted by Gasteiger charge is 2.33. The first-order valence-electron chi connectivity index (χ1n) is 9.51. The number of morpholine rings is 1. The Morgan fingerprint density at radius 3 is 2.87 bits per heavy atom. The summed E-state index contributed by atoms with van der Waals surface area (Å²) < 4.78 is 43.3. The van der Waals surface area contributed by atoms with E-state index in [4.69, 9.17) is 14.0 Å². The van der Waals surface area contributed by atoms with Crippen molar-refractivity contribution in [3.8, 4) is 17.1 Å². The average molecular weight is 430 g/mol. The number of aryl methyl sites for hydroxylation is 1. The highest BCUT2D eigenvalue weighted by molar-refractivity contribution is 7.89. The van der Waals surface area contributed by atoms with Crippen molar-refractivity contribution >= 4 is 10.0 Å². The number of ether oxygens (including phenoxy) is 2. The number of benzene rings is 1. The van der Waals surface area contributed by atoms with E-state index in [1.807, 2.05) is 30.3 Å². The van der Waals surface area contributed by atoms with Crippen LogP contribution >= 0.6 is 0 Å². The molecule has 0 saturated carbocycles. The summed E-state index contributed by atoms with van der Waals surface area (Å²) in [6.07, 6.45) is 3.12. The fraction of sp³-hybridized carbons (Fsp3) is 0.350. The SMILES string of the molecule is COc1cccc(-c2noc([C@H]3CN(S(=O)(=O)CCc4ccncc4)CCO3)n2)c1. The van der Waals surface area contributed by atoms with Crippen LogP contribution in [0.5, 0.6) is 5.75 Å². The average Bonchev–Trinajstić information content (AvgIpc) is 3.29. The van der Waals surface area contributed by atoms with E-state index in [1.165, 1.54) is 4.31 Å². The summed E-state index contributed by atoms with van der Waals surface area (Å²) in [5, 5.41) is 4.00. The first kappa shape index (κ1) is 20.5. The molecule has 0 amide bonds. The second-order valence-corrected chi connectivity index (χ2v) is 8.92. The lowest BCUT2D eigenvalue weighted by Crippen LogP contribution is -2.43. The zero-order chi connectivity index (χ0) is 21.0. The molecule has 1 atom stereocenters. The second-order valence-electron chi connectivity index (χ2n) is 6.83. The van der Waals surface area contributed by atoms with Gasteiger partial charge in [-0.15, -0.1) is 0 Å². The van der Waals surface area contributed by atoms with Crippen LogP contribution in [0, 0.1) is 0 Å². The predicted octanol–water partition coefficient (Wildman–Crippen LogP) is 2.09. The molecule has 4 rings (SSSR count). The standard InChI is InChI=1S/C20H22N4O5S/c1-27-17-4-2-3-16(13-17)19-22-20(29-23-19)18-14-24(10-11-28-18)30(25,26)12-7-15-5-8-21-9-6-15/h2-6,8-9,13,18H,7,10-12,14H2,1H3/t18-/m1/s1. The van der Waals surface area contributed by atoms with Gasteiger partial charge in [0.1, 0.15) is 5.75 Å². The van der Waals surface area contributed by atoms with E-state index in [0.29, 0.717) is 24.5 Å². The molecule has 0 aliphatic carbocycles. The number of hydrogen-bond donors (Lipinski definition) is 0. The zero-order valence-corrected chi connectivity index (χ0v) is 17.3. The number of hydrogen-bond acceptors (Lipinski definition) is 8. The molecule has 0 unspecified atom stereocenters. The third-order valence-corrected chi connectivity index (χ3v) is 6.70. The maximum Gasteiger partial charge on any atom is 0.257 e. The summed E-state index contributed by atoms with van der Waals surface area (Å²) in [7, 11) is -1.87. The fourth-order valence-electron chi connectivity index (χ4n) is 3.20. The van der Waals surface area contributed by atoms with E-state index in [-0.39, 0.29) is 24.8 Å². The number of pyridine rings is 1. The molecule has 0 radical (unpaired) electrons. The van der Waals surface area contributed by atoms with Crippen LogP contribution in [0.15, 0.2) is 53.3 Å². The Morgan fingerprint density at radius 1 is 1.23 bits per heavy atom. The minimum atomic E-state index is -3.45. The van der Waals surface area contributed by atoms with Crippen molar-refractivity contribution in [1.29, 1.82) is 0 Å². The van der Waals surface area contributed by atoms with E-state index in [0.717, 1.165) is 11.1 Å². The molecule has 1 aliphatic heterocycles. The van der Waals surface area contributed by atoms with E-state index in [1.54, 1.807) is 25.6 Å². The van der Waals surface area contributed by atoms with Crippen LogP contribution in [-0.2, 0) is 21.2 Å². The molecular formula is C20H22N4O5S. The van der Waals surface area contributed by atoms with E-state index < -0.39 is 16.1 Å². The lowest BCUT2D eigenvalue weighted by molar-refractivity contribution is -0.0199. The molecule has 2 aromatic heterocycles. The van der Waals surface area contributed by atoms with E-state index in [9.17, 15) is 8.42 Å². The van der Waals surface area contributed by atoms with Crippen molar-refractivity contribution in [1.82, 2.24) is 19.4 Å². The van der Waals surface area contributed by atoms with E-state index in [2.05, 4.69) is 15.1 Å². The molecule has 0 N–H and O–H groups in total. The van der Waals surface area contributed by atoms with Crippen LogP contribution in [0.3, 0.4) is 0 Å². The lowest BCUT2D eigenvalue weighted by Gasteiger charge is -2.30. The molecule has 3 aromatic rings. The van der Waals surface area contributed by atoms with Crippen LogP contribution < -0.4 is 4.74 Å². The molecule has 10 heteroatoms. The first-order chi connectivity index (χ1) is 14.5. The molecule has 30 heavy (non-hydrogen) atoms. The Bertz CT molecular complexity index is 1090. The van der Waals surface area contributed by atoms with Crippen molar-refractivity contribution < 1.29 is 22.4 Å². The van der Waals surface area contributed by atoms with Crippen molar-refractivity contribution in [3.05, 3.63) is 60.2 Å². The Morgan fingerprint density at radius 2 is 2.07 bits per heavy atom. The summed E-state index contributed by atoms with van der Waals surface area (Å²) in [6.45, 7) is 0.695. The summed E-state index contributed by atoms with van der Waals surface area (Å²) in [4.78, 5) is 8.35. The third-order valence-electron chi connectivity index (χ3n) is 4.87. The number of methoxy groups -OCH3 is 1. The summed E-state index contributed by atoms with van der Waals surface area (Å²) in [5.74, 6) is 1.34. The molecule has 1 fully saturated rings. The van der Waals surface area contributed by atoms with Gasteiger partial charge < -0.3 is 14.0 Å². The van der Waals surface area contributed by atoms with Crippen molar-refractivity contribution in [2.45, 2.75) is 12.5 Å². The molecule has 158 valence electrons. The third kappa shape index (κ3) is 4.66. The lowest BCUT2D eigenvalue weighted by atomic mass is 10.2. The number of aromatic nitrogens is 3. The van der Waals surface area contributed by atoms with Crippen LogP contribution in [0.4, 0.5) is 0 Å². The maximum absolute atomic E-state index is 12.8. The Hall–Kier alpha value is -2.82. The topological polar surface area (TPSA) is 108 Å². The normalized spacial score (nSPS) is 17.7. The Balaban J connectivity index is 1.44. The maximum atomic E-state index is 12.8. The molecule has 9 nitrogen and oxygen atoms in total. The highest BCUT2D eigenvalue weighted by atomic mass is 32.2.